The molecule has 1 aromatic heterocycles. The summed E-state index contributed by atoms with van der Waals surface area (Å²) in [6, 6.07) is 9.56. The number of carbonyl (C=O) groups is 1. The fraction of sp³-hybridized carbons (Fsp3) is 0.381. The predicted octanol–water partition coefficient (Wildman–Crippen LogP) is 4.26. The lowest BCUT2D eigenvalue weighted by molar-refractivity contribution is 0.0720. The molecule has 0 fully saturated rings. The van der Waals surface area contributed by atoms with E-state index < -0.39 is 0 Å². The number of nitrogens with zero attached hydrogens (tertiary/aromatic N) is 3. The maximum atomic E-state index is 12.3. The summed E-state index contributed by atoms with van der Waals surface area (Å²) in [6.07, 6.45) is 1.56. The number of Topliss-reactive ketones (excluding diaryl/α,β-unsaturated/α-hetero) is 1. The molecule has 29 heavy (non-hydrogen) atoms. The second-order valence-corrected chi connectivity index (χ2v) is 8.79. The van der Waals surface area contributed by atoms with Gasteiger partial charge in [-0.3, -0.25) is 9.79 Å². The Kier molecular flexibility index (Phi) is 5.87. The van der Waals surface area contributed by atoms with Gasteiger partial charge in [-0.05, 0) is 30.7 Å². The summed E-state index contributed by atoms with van der Waals surface area (Å²) in [5.41, 5.74) is 2.78. The van der Waals surface area contributed by atoms with E-state index in [9.17, 15) is 4.79 Å². The first kappa shape index (κ1) is 19.9. The van der Waals surface area contributed by atoms with Crippen LogP contribution >= 0.6 is 22.9 Å². The molecule has 1 aromatic carbocycles. The third-order valence-electron chi connectivity index (χ3n) is 5.10. The number of oxime groups is 1. The van der Waals surface area contributed by atoms with Crippen molar-refractivity contribution in [2.45, 2.75) is 25.4 Å². The summed E-state index contributed by atoms with van der Waals surface area (Å²) in [4.78, 5) is 25.2. The number of ether oxygens (including phenoxy) is 1. The van der Waals surface area contributed by atoms with Crippen LogP contribution in [-0.2, 0) is 4.84 Å². The van der Waals surface area contributed by atoms with Crippen molar-refractivity contribution in [3.63, 3.8) is 0 Å². The molecule has 0 bridgehead atoms. The van der Waals surface area contributed by atoms with E-state index in [0.717, 1.165) is 41.5 Å². The van der Waals surface area contributed by atoms with Crippen LogP contribution in [0.15, 0.2) is 40.5 Å². The molecule has 0 aliphatic carbocycles. The molecule has 8 heteroatoms. The Morgan fingerprint density at radius 2 is 2.24 bits per heavy atom. The van der Waals surface area contributed by atoms with Crippen LogP contribution in [0.5, 0.6) is 5.75 Å². The van der Waals surface area contributed by atoms with Gasteiger partial charge in [0.1, 0.15) is 17.7 Å². The van der Waals surface area contributed by atoms with Gasteiger partial charge in [-0.1, -0.05) is 22.8 Å². The third-order valence-corrected chi connectivity index (χ3v) is 6.38. The van der Waals surface area contributed by atoms with E-state index in [4.69, 9.17) is 21.2 Å². The summed E-state index contributed by atoms with van der Waals surface area (Å²) in [5.74, 6) is 1.81. The molecule has 1 atom stereocenters. The monoisotopic (exact) mass is 431 g/mol. The number of methoxy groups -OCH3 is 1. The Morgan fingerprint density at radius 3 is 2.93 bits per heavy atom. The van der Waals surface area contributed by atoms with Crippen molar-refractivity contribution in [2.24, 2.45) is 10.1 Å². The molecule has 2 aliphatic heterocycles. The Hall–Kier alpha value is -2.38. The number of aliphatic imine (C=N–C) groups is 1. The molecule has 152 valence electrons. The van der Waals surface area contributed by atoms with E-state index in [-0.39, 0.29) is 11.9 Å². The highest BCUT2D eigenvalue weighted by Crippen LogP contribution is 2.29. The van der Waals surface area contributed by atoms with Crippen molar-refractivity contribution >= 4 is 40.3 Å². The lowest BCUT2D eigenvalue weighted by Gasteiger charge is -2.16. The molecule has 0 amide bonds. The van der Waals surface area contributed by atoms with E-state index in [2.05, 4.69) is 15.0 Å². The maximum absolute atomic E-state index is 12.3. The van der Waals surface area contributed by atoms with Crippen molar-refractivity contribution in [1.29, 1.82) is 0 Å². The highest BCUT2D eigenvalue weighted by molar-refractivity contribution is 7.18. The zero-order valence-electron chi connectivity index (χ0n) is 16.4. The van der Waals surface area contributed by atoms with Crippen LogP contribution in [0.25, 0.3) is 0 Å². The minimum absolute atomic E-state index is 0.0855. The molecule has 0 saturated carbocycles. The largest absolute Gasteiger partial charge is 0.496 e. The molecule has 6 nitrogen and oxygen atoms in total. The average Bonchev–Trinajstić information content (AvgIpc) is 3.47. The molecular weight excluding hydrogens is 410 g/mol. The molecule has 0 radical (unpaired) electrons. The van der Waals surface area contributed by atoms with Crippen LogP contribution in [0.3, 0.4) is 0 Å². The molecule has 2 aromatic rings. The normalized spacial score (nSPS) is 18.4. The summed E-state index contributed by atoms with van der Waals surface area (Å²) < 4.78 is 6.24. The second-order valence-electron chi connectivity index (χ2n) is 7.08. The third kappa shape index (κ3) is 4.31. The summed E-state index contributed by atoms with van der Waals surface area (Å²) in [6.45, 7) is 1.74. The minimum Gasteiger partial charge on any atom is -0.496 e. The van der Waals surface area contributed by atoms with Gasteiger partial charge in [0, 0.05) is 37.6 Å². The van der Waals surface area contributed by atoms with E-state index in [1.54, 1.807) is 19.2 Å². The van der Waals surface area contributed by atoms with E-state index >= 15 is 0 Å². The smallest absolute Gasteiger partial charge is 0.172 e. The zero-order chi connectivity index (χ0) is 20.4. The van der Waals surface area contributed by atoms with Gasteiger partial charge in [0.05, 0.1) is 28.6 Å². The number of rotatable bonds is 7. The number of hydrogen-bond donors (Lipinski definition) is 0. The van der Waals surface area contributed by atoms with Crippen LogP contribution in [0.4, 0.5) is 0 Å². The van der Waals surface area contributed by atoms with Crippen LogP contribution in [0, 0.1) is 0 Å². The number of amidine groups is 1. The highest BCUT2D eigenvalue weighted by Gasteiger charge is 2.26. The van der Waals surface area contributed by atoms with E-state index in [0.29, 0.717) is 28.5 Å². The first-order chi connectivity index (χ1) is 14.0. The molecular formula is C21H22ClN3O3S. The second kappa shape index (κ2) is 8.55. The van der Waals surface area contributed by atoms with Gasteiger partial charge in [0.15, 0.2) is 5.78 Å². The number of benzene rings is 1. The summed E-state index contributed by atoms with van der Waals surface area (Å²) in [7, 11) is 3.69. The van der Waals surface area contributed by atoms with Crippen molar-refractivity contribution in [3.8, 4) is 5.75 Å². The lowest BCUT2D eigenvalue weighted by atomic mass is 9.99. The highest BCUT2D eigenvalue weighted by atomic mass is 35.5. The van der Waals surface area contributed by atoms with Crippen molar-refractivity contribution < 1.29 is 14.4 Å². The molecule has 1 unspecified atom stereocenters. The predicted molar refractivity (Wildman–Crippen MR) is 116 cm³/mol. The SMILES string of the molecule is COc1cc(C2=NCCN2C)ccc1C1=NOC(CCC(=O)c2ccc(Cl)s2)C1. The Balaban J connectivity index is 1.40. The fourth-order valence-electron chi connectivity index (χ4n) is 3.53. The van der Waals surface area contributed by atoms with Gasteiger partial charge < -0.3 is 14.5 Å². The van der Waals surface area contributed by atoms with Crippen molar-refractivity contribution in [1.82, 2.24) is 4.90 Å². The maximum Gasteiger partial charge on any atom is 0.172 e. The first-order valence-electron chi connectivity index (χ1n) is 9.50. The van der Waals surface area contributed by atoms with E-state index in [1.807, 2.05) is 25.2 Å². The number of likely N-dealkylation sites (N-methyl/N-ethyl adjacent to an activating group) is 1. The molecule has 3 heterocycles. The quantitative estimate of drug-likeness (QED) is 0.614. The Labute approximate surface area is 178 Å². The van der Waals surface area contributed by atoms with Gasteiger partial charge >= 0.3 is 0 Å². The van der Waals surface area contributed by atoms with Gasteiger partial charge in [0.25, 0.3) is 0 Å². The van der Waals surface area contributed by atoms with Gasteiger partial charge in [-0.2, -0.15) is 0 Å². The average molecular weight is 432 g/mol. The molecule has 4 rings (SSSR count). The fourth-order valence-corrected chi connectivity index (χ4v) is 4.55. The van der Waals surface area contributed by atoms with Crippen LogP contribution < -0.4 is 4.74 Å². The van der Waals surface area contributed by atoms with Crippen LogP contribution in [-0.4, -0.2) is 55.6 Å². The standard InChI is InChI=1S/C21H22ClN3O3S/c1-25-10-9-23-21(25)13-3-5-15(18(11-13)27-2)16-12-14(28-24-16)4-6-17(26)19-7-8-20(22)29-19/h3,5,7-8,11,14H,4,6,9-10,12H2,1-2H3. The Bertz CT molecular complexity index is 985. The number of hydrogen-bond acceptors (Lipinski definition) is 7. The van der Waals surface area contributed by atoms with Crippen LogP contribution in [0.2, 0.25) is 4.34 Å². The number of halogens is 1. The molecule has 0 N–H and O–H groups in total. The number of thiophene rings is 1. The number of ketones is 1. The van der Waals surface area contributed by atoms with Gasteiger partial charge in [-0.25, -0.2) is 0 Å². The van der Waals surface area contributed by atoms with Gasteiger partial charge in [-0.15, -0.1) is 11.3 Å². The molecule has 0 saturated heterocycles. The summed E-state index contributed by atoms with van der Waals surface area (Å²) in [5, 5.41) is 4.26. The Morgan fingerprint density at radius 1 is 1.38 bits per heavy atom. The molecule has 2 aliphatic rings. The zero-order valence-corrected chi connectivity index (χ0v) is 17.9. The van der Waals surface area contributed by atoms with Crippen molar-refractivity contribution in [3.05, 3.63) is 50.7 Å². The molecule has 0 spiro atoms. The van der Waals surface area contributed by atoms with Crippen molar-refractivity contribution in [2.75, 3.05) is 27.2 Å². The van der Waals surface area contributed by atoms with Crippen LogP contribution in [0.1, 0.15) is 40.1 Å². The summed E-state index contributed by atoms with van der Waals surface area (Å²) >= 11 is 7.22. The topological polar surface area (TPSA) is 63.5 Å². The lowest BCUT2D eigenvalue weighted by Crippen LogP contribution is -2.23. The van der Waals surface area contributed by atoms with E-state index in [1.165, 1.54) is 11.3 Å². The first-order valence-corrected chi connectivity index (χ1v) is 10.7. The minimum atomic E-state index is -0.112. The number of carbonyl (C=O) groups excluding carboxylic acids is 1. The van der Waals surface area contributed by atoms with Gasteiger partial charge in [0.2, 0.25) is 0 Å².